The van der Waals surface area contributed by atoms with Gasteiger partial charge in [0.05, 0.1) is 28.0 Å². The summed E-state index contributed by atoms with van der Waals surface area (Å²) in [5.74, 6) is -0.944. The van der Waals surface area contributed by atoms with E-state index in [1.807, 2.05) is 36.6 Å². The topological polar surface area (TPSA) is 105 Å². The van der Waals surface area contributed by atoms with Crippen molar-refractivity contribution in [3.8, 4) is 22.1 Å². The molecule has 0 aliphatic carbocycles. The average molecular weight is 731 g/mol. The van der Waals surface area contributed by atoms with Crippen LogP contribution in [0.1, 0.15) is 35.7 Å². The zero-order valence-corrected chi connectivity index (χ0v) is 30.6. The lowest BCUT2D eigenvalue weighted by atomic mass is 10.0. The molecule has 0 unspecified atom stereocenters. The van der Waals surface area contributed by atoms with Crippen LogP contribution in [0.2, 0.25) is 0 Å². The Hall–Kier alpha value is -4.57. The number of nitrogens with zero attached hydrogens (tertiary/aromatic N) is 2. The van der Waals surface area contributed by atoms with Gasteiger partial charge in [-0.3, -0.25) is 4.79 Å². The van der Waals surface area contributed by atoms with Crippen molar-refractivity contribution in [3.05, 3.63) is 125 Å². The number of carbonyl (C=O) groups is 1. The first-order chi connectivity index (χ1) is 23.8. The Morgan fingerprint density at radius 2 is 1.72 bits per heavy atom. The van der Waals surface area contributed by atoms with E-state index in [2.05, 4.69) is 6.07 Å². The summed E-state index contributed by atoms with van der Waals surface area (Å²) in [4.78, 5) is 16.7. The van der Waals surface area contributed by atoms with Gasteiger partial charge in [0.15, 0.2) is 11.6 Å². The summed E-state index contributed by atoms with van der Waals surface area (Å²) in [6, 6.07) is 24.2. The van der Waals surface area contributed by atoms with Crippen LogP contribution in [0.15, 0.2) is 101 Å². The van der Waals surface area contributed by atoms with Gasteiger partial charge in [0.1, 0.15) is 17.9 Å². The fourth-order valence-electron chi connectivity index (χ4n) is 5.77. The van der Waals surface area contributed by atoms with Crippen LogP contribution in [0.4, 0.5) is 4.39 Å². The van der Waals surface area contributed by atoms with Crippen LogP contribution in [-0.4, -0.2) is 43.3 Å². The van der Waals surface area contributed by atoms with Gasteiger partial charge in [-0.2, -0.15) is 0 Å². The molecule has 0 atom stereocenters. The molecule has 0 spiro atoms. The highest BCUT2D eigenvalue weighted by molar-refractivity contribution is 7.90. The number of fused-ring (bicyclic) bond motifs is 1. The standard InChI is InChI=1S/C38H36FN2O6PS2/c1-5-46-35(42)17-14-26-8-6-9-27(20-26)21-29-24-49-38(40-29)28-10-7-11-30(22-28)47-36-33(39)23-34-32(37(36)48(3,4)43)18-19-41(34)50(44,45)31-15-12-25(2)13-16-31/h6-13,15-16,18-20,22-24H,5,14,17,21H2,1-4H3. The van der Waals surface area contributed by atoms with Crippen LogP contribution < -0.4 is 10.0 Å². The number of hydrogen-bond donors (Lipinski definition) is 0. The third kappa shape index (κ3) is 7.60. The number of aromatic nitrogens is 2. The first kappa shape index (κ1) is 35.3. The van der Waals surface area contributed by atoms with E-state index in [1.165, 1.54) is 49.1 Å². The summed E-state index contributed by atoms with van der Waals surface area (Å²) in [5.41, 5.74) is 4.73. The highest BCUT2D eigenvalue weighted by atomic mass is 32.2. The number of ether oxygens (including phenoxy) is 2. The van der Waals surface area contributed by atoms with Crippen molar-refractivity contribution < 1.29 is 31.6 Å². The zero-order chi connectivity index (χ0) is 35.6. The van der Waals surface area contributed by atoms with E-state index in [0.717, 1.165) is 43.0 Å². The van der Waals surface area contributed by atoms with Crippen molar-refractivity contribution in [2.45, 2.75) is 38.0 Å². The molecule has 0 radical (unpaired) electrons. The molecule has 0 saturated heterocycles. The first-order valence-electron chi connectivity index (χ1n) is 16.0. The number of carbonyl (C=O) groups excluding carboxylic acids is 1. The van der Waals surface area contributed by atoms with Crippen molar-refractivity contribution in [2.75, 3.05) is 19.9 Å². The molecule has 0 aliphatic rings. The normalized spacial score (nSPS) is 11.9. The molecule has 0 aliphatic heterocycles. The fourth-order valence-corrected chi connectivity index (χ4v) is 9.34. The Labute approximate surface area is 295 Å². The van der Waals surface area contributed by atoms with E-state index < -0.39 is 23.0 Å². The zero-order valence-electron chi connectivity index (χ0n) is 28.1. The molecule has 50 heavy (non-hydrogen) atoms. The summed E-state index contributed by atoms with van der Waals surface area (Å²) < 4.78 is 69.0. The maximum absolute atomic E-state index is 16.0. The maximum Gasteiger partial charge on any atom is 0.306 e. The highest BCUT2D eigenvalue weighted by Gasteiger charge is 2.29. The Balaban J connectivity index is 1.27. The minimum atomic E-state index is -4.06. The van der Waals surface area contributed by atoms with E-state index in [0.29, 0.717) is 37.0 Å². The lowest BCUT2D eigenvalue weighted by Gasteiger charge is -2.18. The SMILES string of the molecule is CCOC(=O)CCc1cccc(Cc2csc(-c3cccc(Oc4c(F)cc5c(ccn5S(=O)(=O)c5ccc(C)cc5)c4P(C)(C)=O)c3)n2)c1. The molecule has 0 N–H and O–H groups in total. The van der Waals surface area contributed by atoms with Crippen LogP contribution >= 0.6 is 18.5 Å². The molecular weight excluding hydrogens is 695 g/mol. The van der Waals surface area contributed by atoms with E-state index in [1.54, 1.807) is 37.3 Å². The summed E-state index contributed by atoms with van der Waals surface area (Å²) in [7, 11) is -7.26. The number of hydrogen-bond acceptors (Lipinski definition) is 8. The van der Waals surface area contributed by atoms with Crippen LogP contribution in [-0.2, 0) is 37.0 Å². The van der Waals surface area contributed by atoms with Crippen LogP contribution in [0.5, 0.6) is 11.5 Å². The van der Waals surface area contributed by atoms with Gasteiger partial charge in [-0.15, -0.1) is 11.3 Å². The van der Waals surface area contributed by atoms with Crippen molar-refractivity contribution in [3.63, 3.8) is 0 Å². The van der Waals surface area contributed by atoms with Crippen molar-refractivity contribution in [1.82, 2.24) is 8.96 Å². The number of aryl methyl sites for hydroxylation is 2. The van der Waals surface area contributed by atoms with Crippen LogP contribution in [0.25, 0.3) is 21.5 Å². The Morgan fingerprint density at radius 3 is 2.46 bits per heavy atom. The molecule has 12 heteroatoms. The van der Waals surface area contributed by atoms with Gasteiger partial charge in [0.25, 0.3) is 10.0 Å². The first-order valence-corrected chi connectivity index (χ1v) is 20.9. The third-order valence-electron chi connectivity index (χ3n) is 8.11. The lowest BCUT2D eigenvalue weighted by Crippen LogP contribution is -2.14. The molecule has 0 fully saturated rings. The number of benzene rings is 4. The predicted octanol–water partition coefficient (Wildman–Crippen LogP) is 8.58. The lowest BCUT2D eigenvalue weighted by molar-refractivity contribution is -0.143. The third-order valence-corrected chi connectivity index (χ3v) is 12.3. The van der Waals surface area contributed by atoms with Gasteiger partial charge >= 0.3 is 5.97 Å². The van der Waals surface area contributed by atoms with Crippen molar-refractivity contribution in [2.24, 2.45) is 0 Å². The molecule has 0 amide bonds. The van der Waals surface area contributed by atoms with Gasteiger partial charge in [0.2, 0.25) is 0 Å². The molecule has 0 bridgehead atoms. The van der Waals surface area contributed by atoms with Gasteiger partial charge in [0, 0.05) is 41.4 Å². The molecule has 4 aromatic carbocycles. The average Bonchev–Trinajstić information content (AvgIpc) is 3.72. The van der Waals surface area contributed by atoms with Gasteiger partial charge in [-0.1, -0.05) is 54.1 Å². The molecule has 6 aromatic rings. The Bertz CT molecular complexity index is 2360. The smallest absolute Gasteiger partial charge is 0.306 e. The second-order valence-corrected chi connectivity index (χ2v) is 18.1. The van der Waals surface area contributed by atoms with E-state index in [4.69, 9.17) is 14.5 Å². The van der Waals surface area contributed by atoms with E-state index in [9.17, 15) is 17.8 Å². The molecule has 258 valence electrons. The number of esters is 1. The Kier molecular flexibility index (Phi) is 10.1. The largest absolute Gasteiger partial charge is 0.466 e. The predicted molar refractivity (Wildman–Crippen MR) is 197 cm³/mol. The molecule has 2 heterocycles. The van der Waals surface area contributed by atoms with Crippen LogP contribution in [0, 0.1) is 12.7 Å². The summed E-state index contributed by atoms with van der Waals surface area (Å²) >= 11 is 1.47. The summed E-state index contributed by atoms with van der Waals surface area (Å²) in [5, 5.41) is 3.18. The number of rotatable bonds is 12. The number of halogens is 1. The molecular formula is C38H36FN2O6PS2. The molecule has 2 aromatic heterocycles. The van der Waals surface area contributed by atoms with Gasteiger partial charge in [-0.05, 0) is 75.1 Å². The minimum absolute atomic E-state index is 0.0563. The van der Waals surface area contributed by atoms with Crippen LogP contribution in [0.3, 0.4) is 0 Å². The summed E-state index contributed by atoms with van der Waals surface area (Å²) in [6.07, 6.45) is 2.88. The summed E-state index contributed by atoms with van der Waals surface area (Å²) in [6.45, 7) is 7.02. The molecule has 6 rings (SSSR count). The van der Waals surface area contributed by atoms with E-state index in [-0.39, 0.29) is 27.4 Å². The second-order valence-electron chi connectivity index (χ2n) is 12.3. The molecule has 0 saturated carbocycles. The van der Waals surface area contributed by atoms with Gasteiger partial charge in [-0.25, -0.2) is 21.8 Å². The highest BCUT2D eigenvalue weighted by Crippen LogP contribution is 2.45. The quantitative estimate of drug-likeness (QED) is 0.0918. The maximum atomic E-state index is 16.0. The monoisotopic (exact) mass is 730 g/mol. The van der Waals surface area contributed by atoms with E-state index >= 15 is 4.39 Å². The number of thiazole rings is 1. The Morgan fingerprint density at radius 1 is 0.980 bits per heavy atom. The minimum Gasteiger partial charge on any atom is -0.466 e. The van der Waals surface area contributed by atoms with Crippen molar-refractivity contribution in [1.29, 1.82) is 0 Å². The van der Waals surface area contributed by atoms with Crippen molar-refractivity contribution >= 4 is 50.7 Å². The second kappa shape index (κ2) is 14.3. The van der Waals surface area contributed by atoms with Gasteiger partial charge < -0.3 is 14.0 Å². The molecule has 8 nitrogen and oxygen atoms in total. The fraction of sp³-hybridized carbons (Fsp3) is 0.211.